The molecule has 196 valence electrons. The minimum Gasteiger partial charge on any atom is -0.352 e. The Bertz CT molecular complexity index is 1640. The number of carbonyl (C=O) groups is 1. The first-order chi connectivity index (χ1) is 19.0. The summed E-state index contributed by atoms with van der Waals surface area (Å²) in [4.78, 5) is 19.9. The molecule has 2 aromatic carbocycles. The standard InChI is InChI=1S/C29H28N8OS/c1-19-16-23(20(2)37(19)35-17-31-32-18-35)28-27(25-11-5-6-14-30-25)34-29(39)36(28)15-13-26(38)33-24-12-7-9-21-8-3-4-10-22(21)24/h3-12,14,16-18,27-28H,13,15H2,1-2H3,(H,33,38)(H,34,39)/t27-,28+/m0/s1. The maximum absolute atomic E-state index is 13.2. The third kappa shape index (κ3) is 4.63. The highest BCUT2D eigenvalue weighted by atomic mass is 32.1. The molecule has 3 aromatic heterocycles. The summed E-state index contributed by atoms with van der Waals surface area (Å²) < 4.78 is 3.92. The van der Waals surface area contributed by atoms with Gasteiger partial charge < -0.3 is 15.5 Å². The van der Waals surface area contributed by atoms with Gasteiger partial charge in [0.25, 0.3) is 0 Å². The molecule has 6 rings (SSSR count). The fraction of sp³-hybridized carbons (Fsp3) is 0.207. The summed E-state index contributed by atoms with van der Waals surface area (Å²) in [5.41, 5.74) is 4.87. The van der Waals surface area contributed by atoms with E-state index in [2.05, 4.69) is 55.3 Å². The zero-order valence-corrected chi connectivity index (χ0v) is 22.5. The second-order valence-electron chi connectivity index (χ2n) is 9.63. The van der Waals surface area contributed by atoms with Crippen molar-refractivity contribution < 1.29 is 4.79 Å². The Morgan fingerprint density at radius 3 is 2.59 bits per heavy atom. The number of fused-ring (bicyclic) bond motifs is 1. The number of rotatable bonds is 7. The van der Waals surface area contributed by atoms with Crippen molar-refractivity contribution >= 4 is 39.7 Å². The monoisotopic (exact) mass is 536 g/mol. The van der Waals surface area contributed by atoms with Crippen molar-refractivity contribution in [3.63, 3.8) is 0 Å². The molecule has 0 aliphatic carbocycles. The van der Waals surface area contributed by atoms with Gasteiger partial charge in [-0.2, -0.15) is 0 Å². The van der Waals surface area contributed by atoms with Gasteiger partial charge in [0.15, 0.2) is 5.11 Å². The Kier molecular flexibility index (Phi) is 6.54. The highest BCUT2D eigenvalue weighted by molar-refractivity contribution is 7.80. The van der Waals surface area contributed by atoms with Crippen molar-refractivity contribution in [3.8, 4) is 0 Å². The number of aromatic nitrogens is 5. The molecule has 1 fully saturated rings. The summed E-state index contributed by atoms with van der Waals surface area (Å²) in [6.07, 6.45) is 5.42. The van der Waals surface area contributed by atoms with Crippen molar-refractivity contribution in [2.75, 3.05) is 11.9 Å². The van der Waals surface area contributed by atoms with Gasteiger partial charge in [-0.3, -0.25) is 14.5 Å². The fourth-order valence-corrected chi connectivity index (χ4v) is 5.82. The van der Waals surface area contributed by atoms with Gasteiger partial charge >= 0.3 is 0 Å². The zero-order chi connectivity index (χ0) is 26.9. The number of benzene rings is 2. The summed E-state index contributed by atoms with van der Waals surface area (Å²) >= 11 is 5.83. The number of nitrogens with one attached hydrogen (secondary N) is 2. The highest BCUT2D eigenvalue weighted by Crippen LogP contribution is 2.41. The van der Waals surface area contributed by atoms with Crippen molar-refractivity contribution in [1.29, 1.82) is 0 Å². The van der Waals surface area contributed by atoms with Crippen LogP contribution in [-0.2, 0) is 4.79 Å². The van der Waals surface area contributed by atoms with Crippen LogP contribution in [0.2, 0.25) is 0 Å². The lowest BCUT2D eigenvalue weighted by Crippen LogP contribution is -2.33. The molecule has 0 bridgehead atoms. The minimum atomic E-state index is -0.172. The SMILES string of the molecule is Cc1cc([C@@H]2[C@H](c3ccccn3)NC(=S)N2CCC(=O)Nc2cccc3ccccc23)c(C)n1-n1cnnc1. The van der Waals surface area contributed by atoms with Crippen LogP contribution in [-0.4, -0.2) is 47.0 Å². The molecule has 9 nitrogen and oxygen atoms in total. The van der Waals surface area contributed by atoms with Crippen LogP contribution in [0.25, 0.3) is 10.8 Å². The zero-order valence-electron chi connectivity index (χ0n) is 21.7. The second-order valence-corrected chi connectivity index (χ2v) is 10.0. The Balaban J connectivity index is 1.30. The van der Waals surface area contributed by atoms with Crippen LogP contribution < -0.4 is 10.6 Å². The van der Waals surface area contributed by atoms with Gasteiger partial charge in [-0.15, -0.1) is 10.2 Å². The smallest absolute Gasteiger partial charge is 0.226 e. The molecule has 1 aliphatic heterocycles. The van der Waals surface area contributed by atoms with Gasteiger partial charge in [0.2, 0.25) is 5.91 Å². The molecule has 0 radical (unpaired) electrons. The van der Waals surface area contributed by atoms with Gasteiger partial charge in [0.1, 0.15) is 12.7 Å². The van der Waals surface area contributed by atoms with Gasteiger partial charge in [-0.05, 0) is 55.7 Å². The molecule has 5 aromatic rings. The topological polar surface area (TPSA) is 92.9 Å². The molecule has 1 saturated heterocycles. The van der Waals surface area contributed by atoms with Crippen LogP contribution in [0, 0.1) is 13.8 Å². The number of aryl methyl sites for hydroxylation is 1. The third-order valence-corrected chi connectivity index (χ3v) is 7.58. The largest absolute Gasteiger partial charge is 0.352 e. The predicted molar refractivity (Wildman–Crippen MR) is 154 cm³/mol. The van der Waals surface area contributed by atoms with Crippen LogP contribution in [0.3, 0.4) is 0 Å². The maximum atomic E-state index is 13.2. The van der Waals surface area contributed by atoms with E-state index in [0.717, 1.165) is 39.1 Å². The number of amides is 1. The minimum absolute atomic E-state index is 0.0656. The molecule has 0 unspecified atom stereocenters. The Morgan fingerprint density at radius 2 is 1.79 bits per heavy atom. The molecular weight excluding hydrogens is 508 g/mol. The summed E-state index contributed by atoms with van der Waals surface area (Å²) in [7, 11) is 0. The van der Waals surface area contributed by atoms with Crippen molar-refractivity contribution in [2.45, 2.75) is 32.4 Å². The van der Waals surface area contributed by atoms with Crippen LogP contribution in [0.5, 0.6) is 0 Å². The normalized spacial score (nSPS) is 17.0. The van der Waals surface area contributed by atoms with Crippen LogP contribution in [0.1, 0.15) is 41.1 Å². The van der Waals surface area contributed by atoms with E-state index in [4.69, 9.17) is 12.2 Å². The molecule has 2 atom stereocenters. The predicted octanol–water partition coefficient (Wildman–Crippen LogP) is 4.56. The van der Waals surface area contributed by atoms with E-state index >= 15 is 0 Å². The fourth-order valence-electron chi connectivity index (χ4n) is 5.48. The van der Waals surface area contributed by atoms with E-state index in [1.54, 1.807) is 18.9 Å². The highest BCUT2D eigenvalue weighted by Gasteiger charge is 2.41. The Hall–Kier alpha value is -4.57. The van der Waals surface area contributed by atoms with Crippen LogP contribution >= 0.6 is 12.2 Å². The Labute approximate surface area is 231 Å². The lowest BCUT2D eigenvalue weighted by atomic mass is 9.96. The van der Waals surface area contributed by atoms with E-state index < -0.39 is 0 Å². The van der Waals surface area contributed by atoms with E-state index in [9.17, 15) is 4.79 Å². The number of hydrogen-bond donors (Lipinski definition) is 2. The number of hydrogen-bond acceptors (Lipinski definition) is 5. The summed E-state index contributed by atoms with van der Waals surface area (Å²) in [5.74, 6) is -0.0656. The molecule has 10 heteroatoms. The molecule has 0 spiro atoms. The quantitative estimate of drug-likeness (QED) is 0.295. The Morgan fingerprint density at radius 1 is 1.03 bits per heavy atom. The van der Waals surface area contributed by atoms with E-state index in [1.807, 2.05) is 65.3 Å². The average Bonchev–Trinajstić information content (AvgIpc) is 3.66. The number of pyridine rings is 1. The summed E-state index contributed by atoms with van der Waals surface area (Å²) in [5, 5.41) is 17.2. The van der Waals surface area contributed by atoms with Crippen molar-refractivity contribution in [1.82, 2.24) is 34.8 Å². The lowest BCUT2D eigenvalue weighted by molar-refractivity contribution is -0.116. The van der Waals surface area contributed by atoms with Crippen molar-refractivity contribution in [2.24, 2.45) is 0 Å². The van der Waals surface area contributed by atoms with Crippen LogP contribution in [0.4, 0.5) is 5.69 Å². The molecule has 2 N–H and O–H groups in total. The number of anilines is 1. The molecule has 0 saturated carbocycles. The number of thiocarbonyl (C=S) groups is 1. The number of carbonyl (C=O) groups excluding carboxylic acids is 1. The summed E-state index contributed by atoms with van der Waals surface area (Å²) in [6.45, 7) is 4.58. The maximum Gasteiger partial charge on any atom is 0.226 e. The second kappa shape index (κ2) is 10.3. The van der Waals surface area contributed by atoms with Gasteiger partial charge in [-0.1, -0.05) is 42.5 Å². The molecule has 1 amide bonds. The van der Waals surface area contributed by atoms with Gasteiger partial charge in [0, 0.05) is 47.2 Å². The number of nitrogens with zero attached hydrogens (tertiary/aromatic N) is 6. The molecule has 4 heterocycles. The summed E-state index contributed by atoms with van der Waals surface area (Å²) in [6, 6.07) is 21.7. The first-order valence-corrected chi connectivity index (χ1v) is 13.2. The lowest BCUT2D eigenvalue weighted by Gasteiger charge is -2.28. The van der Waals surface area contributed by atoms with Crippen molar-refractivity contribution in [3.05, 3.63) is 108 Å². The van der Waals surface area contributed by atoms with E-state index in [0.29, 0.717) is 11.7 Å². The third-order valence-electron chi connectivity index (χ3n) is 7.23. The van der Waals surface area contributed by atoms with Gasteiger partial charge in [-0.25, -0.2) is 4.68 Å². The molecular formula is C29H28N8OS. The average molecular weight is 537 g/mol. The molecule has 39 heavy (non-hydrogen) atoms. The van der Waals surface area contributed by atoms with E-state index in [-0.39, 0.29) is 24.4 Å². The van der Waals surface area contributed by atoms with Crippen LogP contribution in [0.15, 0.2) is 85.6 Å². The molecule has 1 aliphatic rings. The van der Waals surface area contributed by atoms with E-state index in [1.165, 1.54) is 0 Å². The van der Waals surface area contributed by atoms with Gasteiger partial charge in [0.05, 0.1) is 17.8 Å². The first kappa shape index (κ1) is 24.7. The first-order valence-electron chi connectivity index (χ1n) is 12.8.